The van der Waals surface area contributed by atoms with E-state index in [0.29, 0.717) is 18.6 Å². The van der Waals surface area contributed by atoms with E-state index in [-0.39, 0.29) is 23.8 Å². The molecule has 0 bridgehead atoms. The van der Waals surface area contributed by atoms with E-state index >= 15 is 0 Å². The molecule has 0 amide bonds. The first kappa shape index (κ1) is 22.0. The zero-order valence-corrected chi connectivity index (χ0v) is 16.3. The SMILES string of the molecule is CCc1cc(O)cc(C)c1OCCCNS(=O)(=O)c1ccc(C(F)(F)F)cc1. The molecular formula is C19H22F3NO4S. The van der Waals surface area contributed by atoms with E-state index in [1.165, 1.54) is 0 Å². The van der Waals surface area contributed by atoms with E-state index in [1.807, 2.05) is 13.8 Å². The molecule has 0 atom stereocenters. The van der Waals surface area contributed by atoms with Crippen LogP contribution in [-0.2, 0) is 22.6 Å². The van der Waals surface area contributed by atoms with E-state index in [4.69, 9.17) is 4.74 Å². The van der Waals surface area contributed by atoms with Crippen molar-refractivity contribution in [2.24, 2.45) is 0 Å². The molecule has 154 valence electrons. The van der Waals surface area contributed by atoms with Crippen molar-refractivity contribution in [1.82, 2.24) is 4.72 Å². The normalized spacial score (nSPS) is 12.2. The Morgan fingerprint density at radius 1 is 1.14 bits per heavy atom. The van der Waals surface area contributed by atoms with Gasteiger partial charge in [-0.05, 0) is 67.3 Å². The number of rotatable bonds is 8. The van der Waals surface area contributed by atoms with Crippen LogP contribution in [0.15, 0.2) is 41.3 Å². The molecule has 28 heavy (non-hydrogen) atoms. The Morgan fingerprint density at radius 3 is 2.36 bits per heavy atom. The van der Waals surface area contributed by atoms with Crippen molar-refractivity contribution in [1.29, 1.82) is 0 Å². The van der Waals surface area contributed by atoms with Gasteiger partial charge >= 0.3 is 6.18 Å². The smallest absolute Gasteiger partial charge is 0.416 e. The van der Waals surface area contributed by atoms with Gasteiger partial charge in [-0.3, -0.25) is 0 Å². The monoisotopic (exact) mass is 417 g/mol. The largest absolute Gasteiger partial charge is 0.508 e. The molecular weight excluding hydrogens is 395 g/mol. The number of hydrogen-bond donors (Lipinski definition) is 2. The second kappa shape index (κ2) is 8.83. The molecule has 2 aromatic carbocycles. The quantitative estimate of drug-likeness (QED) is 0.636. The van der Waals surface area contributed by atoms with Gasteiger partial charge < -0.3 is 9.84 Å². The van der Waals surface area contributed by atoms with Crippen LogP contribution >= 0.6 is 0 Å². The summed E-state index contributed by atoms with van der Waals surface area (Å²) in [6.07, 6.45) is -3.48. The van der Waals surface area contributed by atoms with Gasteiger partial charge in [-0.15, -0.1) is 0 Å². The summed E-state index contributed by atoms with van der Waals surface area (Å²) in [5.41, 5.74) is 0.723. The molecule has 0 unspecified atom stereocenters. The summed E-state index contributed by atoms with van der Waals surface area (Å²) >= 11 is 0. The molecule has 2 rings (SSSR count). The van der Waals surface area contributed by atoms with Crippen LogP contribution in [0.4, 0.5) is 13.2 Å². The fourth-order valence-electron chi connectivity index (χ4n) is 2.65. The predicted molar refractivity (Wildman–Crippen MR) is 99.0 cm³/mol. The Hall–Kier alpha value is -2.26. The average molecular weight is 417 g/mol. The number of halogens is 3. The molecule has 0 aliphatic carbocycles. The van der Waals surface area contributed by atoms with Gasteiger partial charge in [0.25, 0.3) is 0 Å². The Bertz CT molecular complexity index is 910. The lowest BCUT2D eigenvalue weighted by Crippen LogP contribution is -2.26. The first-order valence-electron chi connectivity index (χ1n) is 8.67. The summed E-state index contributed by atoms with van der Waals surface area (Å²) in [6.45, 7) is 4.05. The Kier molecular flexibility index (Phi) is 6.95. The summed E-state index contributed by atoms with van der Waals surface area (Å²) in [6, 6.07) is 6.52. The number of aromatic hydroxyl groups is 1. The van der Waals surface area contributed by atoms with Crippen LogP contribution < -0.4 is 9.46 Å². The second-order valence-corrected chi connectivity index (χ2v) is 7.99. The molecule has 0 radical (unpaired) electrons. The standard InChI is InChI=1S/C19H22F3NO4S/c1-3-14-12-16(24)11-13(2)18(14)27-10-4-9-23-28(25,26)17-7-5-15(6-8-17)19(20,21)22/h5-8,11-12,23-24H,3-4,9-10H2,1-2H3. The highest BCUT2D eigenvalue weighted by molar-refractivity contribution is 7.89. The third kappa shape index (κ3) is 5.62. The van der Waals surface area contributed by atoms with Crippen molar-refractivity contribution in [2.75, 3.05) is 13.2 Å². The summed E-state index contributed by atoms with van der Waals surface area (Å²) < 4.78 is 70.0. The van der Waals surface area contributed by atoms with Crippen LogP contribution in [0, 0.1) is 6.92 Å². The summed E-state index contributed by atoms with van der Waals surface area (Å²) in [5.74, 6) is 0.817. The molecule has 0 heterocycles. The predicted octanol–water partition coefficient (Wildman–Crippen LogP) is 4.03. The number of sulfonamides is 1. The Balaban J connectivity index is 1.90. The third-order valence-electron chi connectivity index (χ3n) is 4.07. The highest BCUT2D eigenvalue weighted by Gasteiger charge is 2.30. The Labute approximate surface area is 162 Å². The number of benzene rings is 2. The van der Waals surface area contributed by atoms with E-state index in [2.05, 4.69) is 4.72 Å². The first-order valence-corrected chi connectivity index (χ1v) is 10.1. The van der Waals surface area contributed by atoms with E-state index < -0.39 is 21.8 Å². The maximum atomic E-state index is 12.6. The molecule has 5 nitrogen and oxygen atoms in total. The molecule has 0 aliphatic heterocycles. The maximum absolute atomic E-state index is 12.6. The van der Waals surface area contributed by atoms with Crippen molar-refractivity contribution in [3.05, 3.63) is 53.1 Å². The molecule has 0 aliphatic rings. The topological polar surface area (TPSA) is 75.6 Å². The summed E-state index contributed by atoms with van der Waals surface area (Å²) in [7, 11) is -3.90. The molecule has 9 heteroatoms. The zero-order valence-electron chi connectivity index (χ0n) is 15.5. The van der Waals surface area contributed by atoms with Crippen LogP contribution in [0.1, 0.15) is 30.0 Å². The number of phenols is 1. The van der Waals surface area contributed by atoms with Gasteiger partial charge in [-0.2, -0.15) is 13.2 Å². The number of ether oxygens (including phenoxy) is 1. The van der Waals surface area contributed by atoms with E-state index in [0.717, 1.165) is 35.4 Å². The van der Waals surface area contributed by atoms with Crippen molar-refractivity contribution < 1.29 is 31.4 Å². The number of alkyl halides is 3. The fraction of sp³-hybridized carbons (Fsp3) is 0.368. The van der Waals surface area contributed by atoms with Crippen molar-refractivity contribution in [2.45, 2.75) is 37.8 Å². The Morgan fingerprint density at radius 2 is 1.79 bits per heavy atom. The van der Waals surface area contributed by atoms with Crippen LogP contribution in [-0.4, -0.2) is 26.7 Å². The molecule has 2 aromatic rings. The number of hydrogen-bond acceptors (Lipinski definition) is 4. The fourth-order valence-corrected chi connectivity index (χ4v) is 3.73. The molecule has 0 aromatic heterocycles. The van der Waals surface area contributed by atoms with Gasteiger partial charge in [-0.1, -0.05) is 6.92 Å². The minimum Gasteiger partial charge on any atom is -0.508 e. The zero-order chi connectivity index (χ0) is 20.9. The lowest BCUT2D eigenvalue weighted by Gasteiger charge is -2.14. The lowest BCUT2D eigenvalue weighted by atomic mass is 10.1. The molecule has 0 saturated heterocycles. The van der Waals surface area contributed by atoms with Crippen molar-refractivity contribution in [3.63, 3.8) is 0 Å². The summed E-state index contributed by atoms with van der Waals surface area (Å²) in [5, 5.41) is 9.62. The lowest BCUT2D eigenvalue weighted by molar-refractivity contribution is -0.137. The van der Waals surface area contributed by atoms with Gasteiger partial charge in [0.2, 0.25) is 10.0 Å². The minimum absolute atomic E-state index is 0.0714. The van der Waals surface area contributed by atoms with Crippen molar-refractivity contribution >= 4 is 10.0 Å². The van der Waals surface area contributed by atoms with Crippen LogP contribution in [0.2, 0.25) is 0 Å². The van der Waals surface area contributed by atoms with Gasteiger partial charge in [0.05, 0.1) is 17.1 Å². The van der Waals surface area contributed by atoms with Crippen LogP contribution in [0.5, 0.6) is 11.5 Å². The van der Waals surface area contributed by atoms with Gasteiger partial charge in [0, 0.05) is 6.54 Å². The van der Waals surface area contributed by atoms with Crippen LogP contribution in [0.3, 0.4) is 0 Å². The molecule has 2 N–H and O–H groups in total. The summed E-state index contributed by atoms with van der Waals surface area (Å²) in [4.78, 5) is -0.232. The molecule has 0 fully saturated rings. The minimum atomic E-state index is -4.52. The number of nitrogens with one attached hydrogen (secondary N) is 1. The van der Waals surface area contributed by atoms with Crippen molar-refractivity contribution in [3.8, 4) is 11.5 Å². The molecule has 0 saturated carbocycles. The second-order valence-electron chi connectivity index (χ2n) is 6.23. The molecule has 0 spiro atoms. The van der Waals surface area contributed by atoms with Gasteiger partial charge in [-0.25, -0.2) is 13.1 Å². The average Bonchev–Trinajstić information content (AvgIpc) is 2.61. The number of phenolic OH excluding ortho intramolecular Hbond substituents is 1. The van der Waals surface area contributed by atoms with E-state index in [9.17, 15) is 26.7 Å². The highest BCUT2D eigenvalue weighted by Crippen LogP contribution is 2.30. The van der Waals surface area contributed by atoms with Gasteiger partial charge in [0.15, 0.2) is 0 Å². The van der Waals surface area contributed by atoms with Gasteiger partial charge in [0.1, 0.15) is 11.5 Å². The highest BCUT2D eigenvalue weighted by atomic mass is 32.2. The third-order valence-corrected chi connectivity index (χ3v) is 5.55. The van der Waals surface area contributed by atoms with E-state index in [1.54, 1.807) is 12.1 Å². The van der Waals surface area contributed by atoms with Crippen LogP contribution in [0.25, 0.3) is 0 Å². The first-order chi connectivity index (χ1) is 13.0. The number of aryl methyl sites for hydroxylation is 2. The maximum Gasteiger partial charge on any atom is 0.416 e.